The highest BCUT2D eigenvalue weighted by atomic mass is 16.5. The van der Waals surface area contributed by atoms with Crippen LogP contribution in [0.5, 0.6) is 5.75 Å². The van der Waals surface area contributed by atoms with E-state index in [0.717, 1.165) is 23.3 Å². The molecule has 2 aliphatic rings. The molecule has 1 aromatic carbocycles. The first-order chi connectivity index (χ1) is 12.0. The number of rotatable bonds is 4. The molecule has 25 heavy (non-hydrogen) atoms. The molecule has 1 aromatic rings. The average molecular weight is 346 g/mol. The summed E-state index contributed by atoms with van der Waals surface area (Å²) in [7, 11) is 1.50. The third-order valence-electron chi connectivity index (χ3n) is 4.91. The van der Waals surface area contributed by atoms with E-state index in [1.807, 2.05) is 30.0 Å². The zero-order valence-corrected chi connectivity index (χ0v) is 15.1. The van der Waals surface area contributed by atoms with Crippen LogP contribution >= 0.6 is 0 Å². The van der Waals surface area contributed by atoms with E-state index in [1.165, 1.54) is 7.11 Å². The van der Waals surface area contributed by atoms with Crippen molar-refractivity contribution >= 4 is 11.8 Å². The summed E-state index contributed by atoms with van der Waals surface area (Å²) >= 11 is 0. The fraction of sp³-hybridized carbons (Fsp3) is 0.579. The minimum absolute atomic E-state index is 0.00754. The second-order valence-electron chi connectivity index (χ2n) is 7.14. The van der Waals surface area contributed by atoms with Crippen LogP contribution in [-0.4, -0.2) is 55.7 Å². The lowest BCUT2D eigenvalue weighted by molar-refractivity contribution is -0.141. The minimum Gasteiger partial charge on any atom is -0.480 e. The number of piperidine rings is 1. The molecule has 2 amide bonds. The molecule has 6 nitrogen and oxygen atoms in total. The van der Waals surface area contributed by atoms with Gasteiger partial charge < -0.3 is 19.7 Å². The third-order valence-corrected chi connectivity index (χ3v) is 4.91. The van der Waals surface area contributed by atoms with Gasteiger partial charge in [0.15, 0.2) is 6.10 Å². The highest BCUT2D eigenvalue weighted by Gasteiger charge is 2.36. The van der Waals surface area contributed by atoms with Crippen LogP contribution in [-0.2, 0) is 20.7 Å². The first-order valence-corrected chi connectivity index (χ1v) is 8.80. The molecule has 2 aliphatic heterocycles. The molecule has 0 radical (unpaired) electrons. The number of ether oxygens (including phenoxy) is 2. The second kappa shape index (κ2) is 7.44. The predicted molar refractivity (Wildman–Crippen MR) is 93.5 cm³/mol. The fourth-order valence-electron chi connectivity index (χ4n) is 3.81. The Morgan fingerprint density at radius 2 is 2.16 bits per heavy atom. The van der Waals surface area contributed by atoms with Crippen molar-refractivity contribution in [2.75, 3.05) is 26.8 Å². The molecule has 0 saturated carbocycles. The summed E-state index contributed by atoms with van der Waals surface area (Å²) in [5, 5.41) is 2.95. The van der Waals surface area contributed by atoms with Gasteiger partial charge in [-0.3, -0.25) is 9.59 Å². The van der Waals surface area contributed by atoms with Crippen LogP contribution < -0.4 is 10.1 Å². The van der Waals surface area contributed by atoms with E-state index in [0.29, 0.717) is 25.4 Å². The molecule has 2 heterocycles. The smallest absolute Gasteiger partial charge is 0.264 e. The van der Waals surface area contributed by atoms with Gasteiger partial charge in [0.1, 0.15) is 12.4 Å². The molecule has 3 atom stereocenters. The van der Waals surface area contributed by atoms with Gasteiger partial charge in [-0.1, -0.05) is 19.1 Å². The van der Waals surface area contributed by atoms with Crippen LogP contribution in [0.2, 0.25) is 0 Å². The van der Waals surface area contributed by atoms with Crippen molar-refractivity contribution in [2.45, 2.75) is 38.8 Å². The number of nitrogens with one attached hydrogen (secondary N) is 1. The van der Waals surface area contributed by atoms with Gasteiger partial charge in [-0.2, -0.15) is 0 Å². The third kappa shape index (κ3) is 3.95. The Kier molecular flexibility index (Phi) is 5.27. The lowest BCUT2D eigenvalue weighted by Gasteiger charge is -2.37. The van der Waals surface area contributed by atoms with Crippen LogP contribution in [0.15, 0.2) is 18.2 Å². The summed E-state index contributed by atoms with van der Waals surface area (Å²) in [6.07, 6.45) is 1.02. The number of benzene rings is 1. The molecule has 1 N–H and O–H groups in total. The Hall–Kier alpha value is -2.08. The predicted octanol–water partition coefficient (Wildman–Crippen LogP) is 1.30. The number of carbonyl (C=O) groups excluding carboxylic acids is 2. The van der Waals surface area contributed by atoms with Crippen molar-refractivity contribution in [3.05, 3.63) is 29.3 Å². The van der Waals surface area contributed by atoms with Gasteiger partial charge in [0.2, 0.25) is 5.91 Å². The molecule has 6 heteroatoms. The first-order valence-electron chi connectivity index (χ1n) is 8.80. The molecule has 136 valence electrons. The van der Waals surface area contributed by atoms with Crippen molar-refractivity contribution in [3.8, 4) is 5.75 Å². The van der Waals surface area contributed by atoms with Crippen molar-refractivity contribution in [1.29, 1.82) is 0 Å². The molecule has 0 bridgehead atoms. The molecular formula is C19H26N2O4. The van der Waals surface area contributed by atoms with Crippen LogP contribution in [0.1, 0.15) is 24.5 Å². The molecule has 3 rings (SSSR count). The molecule has 1 fully saturated rings. The van der Waals surface area contributed by atoms with E-state index in [9.17, 15) is 9.59 Å². The number of fused-ring (bicyclic) bond motifs is 1. The Morgan fingerprint density at radius 3 is 2.88 bits per heavy atom. The number of likely N-dealkylation sites (tertiary alicyclic amines) is 1. The summed E-state index contributed by atoms with van der Waals surface area (Å²) in [5.41, 5.74) is 2.28. The minimum atomic E-state index is -0.461. The zero-order valence-electron chi connectivity index (χ0n) is 15.1. The summed E-state index contributed by atoms with van der Waals surface area (Å²) in [4.78, 5) is 26.6. The summed E-state index contributed by atoms with van der Waals surface area (Å²) in [6, 6.07) is 5.87. The number of aryl methyl sites for hydroxylation is 1. The Labute approximate surface area is 148 Å². The quantitative estimate of drug-likeness (QED) is 0.892. The summed E-state index contributed by atoms with van der Waals surface area (Å²) < 4.78 is 10.8. The monoisotopic (exact) mass is 346 g/mol. The lowest BCUT2D eigenvalue weighted by atomic mass is 9.95. The molecule has 1 unspecified atom stereocenters. The normalized spacial score (nSPS) is 25.2. The standard InChI is InChI=1S/C19H26N2O4/c1-12-7-14(20-18(22)11-24-3)10-21(9-12)19(23)17-8-15-13(2)5-4-6-16(15)25-17/h4-6,12,14,17H,7-11H2,1-3H3,(H,20,22)/t12-,14-,17?/m0/s1. The van der Waals surface area contributed by atoms with E-state index in [4.69, 9.17) is 9.47 Å². The van der Waals surface area contributed by atoms with Crippen LogP contribution in [0.25, 0.3) is 0 Å². The number of nitrogens with zero attached hydrogens (tertiary/aromatic N) is 1. The Morgan fingerprint density at radius 1 is 1.36 bits per heavy atom. The highest BCUT2D eigenvalue weighted by Crippen LogP contribution is 2.32. The van der Waals surface area contributed by atoms with Gasteiger partial charge >= 0.3 is 0 Å². The number of hydrogen-bond donors (Lipinski definition) is 1. The number of carbonyl (C=O) groups is 2. The largest absolute Gasteiger partial charge is 0.480 e. The fourth-order valence-corrected chi connectivity index (χ4v) is 3.81. The topological polar surface area (TPSA) is 67.9 Å². The second-order valence-corrected chi connectivity index (χ2v) is 7.14. The lowest BCUT2D eigenvalue weighted by Crippen LogP contribution is -2.55. The summed E-state index contributed by atoms with van der Waals surface area (Å²) in [6.45, 7) is 5.40. The SMILES string of the molecule is COCC(=O)N[C@H]1C[C@H](C)CN(C(=O)C2Cc3c(C)cccc3O2)C1. The maximum Gasteiger partial charge on any atom is 0.264 e. The maximum atomic E-state index is 12.9. The van der Waals surface area contributed by atoms with E-state index < -0.39 is 6.10 Å². The van der Waals surface area contributed by atoms with Gasteiger partial charge in [-0.15, -0.1) is 0 Å². The van der Waals surface area contributed by atoms with Gasteiger partial charge in [0, 0.05) is 38.2 Å². The van der Waals surface area contributed by atoms with E-state index >= 15 is 0 Å². The molecule has 0 spiro atoms. The number of amides is 2. The van der Waals surface area contributed by atoms with Crippen molar-refractivity contribution < 1.29 is 19.1 Å². The molecule has 0 aliphatic carbocycles. The van der Waals surface area contributed by atoms with Gasteiger partial charge in [-0.05, 0) is 30.9 Å². The highest BCUT2D eigenvalue weighted by molar-refractivity contribution is 5.83. The van der Waals surface area contributed by atoms with Crippen LogP contribution in [0.3, 0.4) is 0 Å². The molecular weight excluding hydrogens is 320 g/mol. The van der Waals surface area contributed by atoms with Crippen molar-refractivity contribution in [1.82, 2.24) is 10.2 Å². The Balaban J connectivity index is 1.64. The van der Waals surface area contributed by atoms with Crippen molar-refractivity contribution in [2.24, 2.45) is 5.92 Å². The zero-order chi connectivity index (χ0) is 18.0. The number of hydrogen-bond acceptors (Lipinski definition) is 4. The maximum absolute atomic E-state index is 12.9. The van der Waals surface area contributed by atoms with E-state index in [2.05, 4.69) is 12.2 Å². The van der Waals surface area contributed by atoms with Crippen LogP contribution in [0, 0.1) is 12.8 Å². The van der Waals surface area contributed by atoms with Gasteiger partial charge in [0.05, 0.1) is 0 Å². The van der Waals surface area contributed by atoms with E-state index in [1.54, 1.807) is 0 Å². The Bertz CT molecular complexity index is 661. The van der Waals surface area contributed by atoms with Gasteiger partial charge in [0.25, 0.3) is 5.91 Å². The average Bonchev–Trinajstić information content (AvgIpc) is 2.99. The summed E-state index contributed by atoms with van der Waals surface area (Å²) in [5.74, 6) is 1.01. The molecule has 1 saturated heterocycles. The number of methoxy groups -OCH3 is 1. The van der Waals surface area contributed by atoms with E-state index in [-0.39, 0.29) is 24.5 Å². The molecule has 0 aromatic heterocycles. The first kappa shape index (κ1) is 17.7. The van der Waals surface area contributed by atoms with Crippen molar-refractivity contribution in [3.63, 3.8) is 0 Å². The van der Waals surface area contributed by atoms with Gasteiger partial charge in [-0.25, -0.2) is 0 Å². The van der Waals surface area contributed by atoms with Crippen LogP contribution in [0.4, 0.5) is 0 Å².